The average molecular weight is 348 g/mol. The van der Waals surface area contributed by atoms with Crippen LogP contribution in [0.4, 0.5) is 0 Å². The number of thioether (sulfide) groups is 2. The van der Waals surface area contributed by atoms with Gasteiger partial charge in [-0.15, -0.1) is 0 Å². The predicted molar refractivity (Wildman–Crippen MR) is 90.7 cm³/mol. The molecule has 126 valence electrons. The van der Waals surface area contributed by atoms with E-state index in [1.165, 1.54) is 13.8 Å². The van der Waals surface area contributed by atoms with Gasteiger partial charge in [-0.25, -0.2) is 0 Å². The number of carbonyl (C=O) groups is 4. The second-order valence-electron chi connectivity index (χ2n) is 5.73. The van der Waals surface area contributed by atoms with E-state index in [-0.39, 0.29) is 27.8 Å². The molecular formula is C14H24N2O4S2. The topological polar surface area (TPSA) is 92.3 Å². The zero-order valence-electron chi connectivity index (χ0n) is 13.6. The third-order valence-corrected chi connectivity index (χ3v) is 4.58. The predicted octanol–water partition coefficient (Wildman–Crippen LogP) is 1.19. The number of nitrogens with one attached hydrogen (secondary N) is 2. The molecule has 0 aliphatic heterocycles. The van der Waals surface area contributed by atoms with Crippen LogP contribution in [0.3, 0.4) is 0 Å². The Bertz CT molecular complexity index is 433. The molecule has 1 atom stereocenters. The van der Waals surface area contributed by atoms with E-state index < -0.39 is 11.5 Å². The van der Waals surface area contributed by atoms with Crippen LogP contribution >= 0.6 is 23.5 Å². The second kappa shape index (κ2) is 9.89. The Kier molecular flexibility index (Phi) is 9.43. The van der Waals surface area contributed by atoms with Crippen LogP contribution in [0.5, 0.6) is 0 Å². The zero-order valence-corrected chi connectivity index (χ0v) is 15.3. The molecule has 0 spiro atoms. The summed E-state index contributed by atoms with van der Waals surface area (Å²) < 4.78 is 0. The highest BCUT2D eigenvalue weighted by Gasteiger charge is 2.26. The van der Waals surface area contributed by atoms with Gasteiger partial charge in [0.1, 0.15) is 6.04 Å². The van der Waals surface area contributed by atoms with Crippen LogP contribution in [0.25, 0.3) is 0 Å². The summed E-state index contributed by atoms with van der Waals surface area (Å²) in [6.07, 6.45) is 0. The number of hydrogen-bond acceptors (Lipinski definition) is 6. The standard InChI is InChI=1S/C14H24N2O4S2/c1-9(17)16-11(8-22-13(20)14(3,4)5)12(19)15-6-7-21-10(2)18/h11H,6-8H2,1-5H3,(H,15,19)(H,16,17)/t11-/m0/s1. The van der Waals surface area contributed by atoms with Crippen molar-refractivity contribution in [2.75, 3.05) is 18.1 Å². The SMILES string of the molecule is CC(=O)N[C@@H](CSC(=O)C(C)(C)C)C(=O)NCCSC(C)=O. The van der Waals surface area contributed by atoms with Crippen molar-refractivity contribution in [2.24, 2.45) is 5.41 Å². The van der Waals surface area contributed by atoms with E-state index in [2.05, 4.69) is 10.6 Å². The lowest BCUT2D eigenvalue weighted by molar-refractivity contribution is -0.127. The molecule has 0 aliphatic rings. The molecule has 0 saturated carbocycles. The Morgan fingerprint density at radius 2 is 1.64 bits per heavy atom. The molecule has 0 saturated heterocycles. The first kappa shape index (κ1) is 21.0. The van der Waals surface area contributed by atoms with Crippen molar-refractivity contribution in [2.45, 2.75) is 40.7 Å². The summed E-state index contributed by atoms with van der Waals surface area (Å²) in [6, 6.07) is -0.767. The van der Waals surface area contributed by atoms with Crippen LogP contribution in [0.2, 0.25) is 0 Å². The normalized spacial score (nSPS) is 12.4. The smallest absolute Gasteiger partial charge is 0.243 e. The lowest BCUT2D eigenvalue weighted by atomic mass is 10.00. The molecule has 22 heavy (non-hydrogen) atoms. The van der Waals surface area contributed by atoms with Crippen LogP contribution in [0, 0.1) is 5.41 Å². The van der Waals surface area contributed by atoms with Crippen molar-refractivity contribution in [3.8, 4) is 0 Å². The lowest BCUT2D eigenvalue weighted by Gasteiger charge is -2.20. The van der Waals surface area contributed by atoms with E-state index in [0.29, 0.717) is 12.3 Å². The van der Waals surface area contributed by atoms with E-state index in [1.807, 2.05) is 0 Å². The molecule has 0 rings (SSSR count). The largest absolute Gasteiger partial charge is 0.353 e. The van der Waals surface area contributed by atoms with Gasteiger partial charge in [-0.05, 0) is 0 Å². The summed E-state index contributed by atoms with van der Waals surface area (Å²) in [4.78, 5) is 45.9. The van der Waals surface area contributed by atoms with Gasteiger partial charge in [-0.3, -0.25) is 19.2 Å². The number of hydrogen-bond donors (Lipinski definition) is 2. The van der Waals surface area contributed by atoms with Gasteiger partial charge in [0.2, 0.25) is 11.8 Å². The van der Waals surface area contributed by atoms with E-state index in [4.69, 9.17) is 0 Å². The first-order valence-electron chi connectivity index (χ1n) is 6.89. The maximum Gasteiger partial charge on any atom is 0.243 e. The molecule has 0 heterocycles. The summed E-state index contributed by atoms with van der Waals surface area (Å²) >= 11 is 2.15. The quantitative estimate of drug-likeness (QED) is 0.672. The van der Waals surface area contributed by atoms with Crippen LogP contribution in [-0.2, 0) is 19.2 Å². The van der Waals surface area contributed by atoms with E-state index >= 15 is 0 Å². The van der Waals surface area contributed by atoms with Gasteiger partial charge in [-0.1, -0.05) is 44.3 Å². The second-order valence-corrected chi connectivity index (χ2v) is 8.00. The molecule has 0 bridgehead atoms. The minimum atomic E-state index is -0.767. The molecule has 8 heteroatoms. The van der Waals surface area contributed by atoms with Gasteiger partial charge >= 0.3 is 0 Å². The third-order valence-electron chi connectivity index (χ3n) is 2.39. The Labute approximate surface area is 139 Å². The summed E-state index contributed by atoms with van der Waals surface area (Å²) in [5.74, 6) is -0.0286. The highest BCUT2D eigenvalue weighted by atomic mass is 32.2. The van der Waals surface area contributed by atoms with Crippen molar-refractivity contribution in [1.29, 1.82) is 0 Å². The maximum absolute atomic E-state index is 12.0. The van der Waals surface area contributed by atoms with Crippen molar-refractivity contribution in [3.05, 3.63) is 0 Å². The highest BCUT2D eigenvalue weighted by molar-refractivity contribution is 8.13. The molecule has 0 aliphatic carbocycles. The number of carbonyl (C=O) groups excluding carboxylic acids is 4. The van der Waals surface area contributed by atoms with E-state index in [0.717, 1.165) is 23.5 Å². The molecule has 0 aromatic carbocycles. The summed E-state index contributed by atoms with van der Waals surface area (Å²) in [5.41, 5.74) is -0.500. The lowest BCUT2D eigenvalue weighted by Crippen LogP contribution is -2.48. The molecule has 0 unspecified atom stereocenters. The molecule has 6 nitrogen and oxygen atoms in total. The number of amides is 2. The van der Waals surface area contributed by atoms with Gasteiger partial charge in [-0.2, -0.15) is 0 Å². The summed E-state index contributed by atoms with van der Waals surface area (Å²) in [6.45, 7) is 8.51. The maximum atomic E-state index is 12.0. The molecule has 2 amide bonds. The average Bonchev–Trinajstić information content (AvgIpc) is 2.37. The van der Waals surface area contributed by atoms with Crippen LogP contribution in [0.1, 0.15) is 34.6 Å². The van der Waals surface area contributed by atoms with E-state index in [1.54, 1.807) is 20.8 Å². The first-order chi connectivity index (χ1) is 10.0. The van der Waals surface area contributed by atoms with Crippen LogP contribution in [0.15, 0.2) is 0 Å². The molecule has 2 N–H and O–H groups in total. The van der Waals surface area contributed by atoms with Gasteiger partial charge < -0.3 is 10.6 Å². The first-order valence-corrected chi connectivity index (χ1v) is 8.86. The molecular weight excluding hydrogens is 324 g/mol. The molecule has 0 radical (unpaired) electrons. The minimum absolute atomic E-state index is 0.0148. The Morgan fingerprint density at radius 1 is 1.05 bits per heavy atom. The van der Waals surface area contributed by atoms with Crippen LogP contribution < -0.4 is 10.6 Å². The van der Waals surface area contributed by atoms with Gasteiger partial charge in [0.15, 0.2) is 10.2 Å². The summed E-state index contributed by atoms with van der Waals surface area (Å²) in [5, 5.41) is 5.14. The Hall–Kier alpha value is -1.02. The summed E-state index contributed by atoms with van der Waals surface area (Å²) in [7, 11) is 0. The van der Waals surface area contributed by atoms with Crippen molar-refractivity contribution in [3.63, 3.8) is 0 Å². The van der Waals surface area contributed by atoms with Crippen molar-refractivity contribution >= 4 is 45.6 Å². The molecule has 0 aromatic heterocycles. The van der Waals surface area contributed by atoms with Crippen molar-refractivity contribution in [1.82, 2.24) is 10.6 Å². The fourth-order valence-electron chi connectivity index (χ4n) is 1.30. The number of rotatable bonds is 7. The van der Waals surface area contributed by atoms with Gasteiger partial charge in [0, 0.05) is 37.3 Å². The third kappa shape index (κ3) is 9.83. The molecule has 0 aromatic rings. The minimum Gasteiger partial charge on any atom is -0.353 e. The zero-order chi connectivity index (χ0) is 17.3. The van der Waals surface area contributed by atoms with Crippen molar-refractivity contribution < 1.29 is 19.2 Å². The van der Waals surface area contributed by atoms with Gasteiger partial charge in [0.25, 0.3) is 0 Å². The monoisotopic (exact) mass is 348 g/mol. The van der Waals surface area contributed by atoms with Gasteiger partial charge in [0.05, 0.1) is 0 Å². The highest BCUT2D eigenvalue weighted by Crippen LogP contribution is 2.23. The van der Waals surface area contributed by atoms with E-state index in [9.17, 15) is 19.2 Å². The fraction of sp³-hybridized carbons (Fsp3) is 0.714. The fourth-order valence-corrected chi connectivity index (χ4v) is 2.77. The Morgan fingerprint density at radius 3 is 2.09 bits per heavy atom. The van der Waals surface area contributed by atoms with Crippen LogP contribution in [-0.4, -0.2) is 46.1 Å². The molecule has 0 fully saturated rings. The Balaban J connectivity index is 4.43.